The molecule has 9 aromatic carbocycles. The van der Waals surface area contributed by atoms with Crippen molar-refractivity contribution in [3.63, 3.8) is 0 Å². The van der Waals surface area contributed by atoms with Crippen molar-refractivity contribution in [2.24, 2.45) is 0 Å². The third-order valence-corrected chi connectivity index (χ3v) is 13.2. The van der Waals surface area contributed by atoms with Gasteiger partial charge in [0.1, 0.15) is 23.9 Å². The molecular weight excluding hydrogens is 812 g/mol. The number of allylic oxidation sites excluding steroid dienone is 1. The molecule has 0 fully saturated rings. The molecule has 0 atom stereocenters. The summed E-state index contributed by atoms with van der Waals surface area (Å²) in [6, 6.07) is 76.4. The number of rotatable bonds is 9. The van der Waals surface area contributed by atoms with Gasteiger partial charge in [-0.1, -0.05) is 146 Å². The van der Waals surface area contributed by atoms with Gasteiger partial charge in [0, 0.05) is 50.5 Å². The van der Waals surface area contributed by atoms with Crippen LogP contribution in [0.15, 0.2) is 229 Å². The van der Waals surface area contributed by atoms with Gasteiger partial charge in [-0.2, -0.15) is 0 Å². The Balaban J connectivity index is 1.02. The maximum absolute atomic E-state index is 15.4. The summed E-state index contributed by atoms with van der Waals surface area (Å²) < 4.78 is 28.9. The van der Waals surface area contributed by atoms with E-state index in [0.717, 1.165) is 73.3 Å². The van der Waals surface area contributed by atoms with Gasteiger partial charge in [0.2, 0.25) is 0 Å². The van der Waals surface area contributed by atoms with E-state index < -0.39 is 12.1 Å². The fourth-order valence-electron chi connectivity index (χ4n) is 10.5. The fraction of sp³-hybridized carbons (Fsp3) is 0.0492. The molecular formula is C61H43FN2O2. The molecule has 0 amide bonds. The second kappa shape index (κ2) is 16.0. The van der Waals surface area contributed by atoms with Gasteiger partial charge in [-0.05, 0) is 125 Å². The summed E-state index contributed by atoms with van der Waals surface area (Å²) in [5.74, 6) is 2.21. The van der Waals surface area contributed by atoms with Crippen LogP contribution in [0.25, 0.3) is 39.3 Å². The highest BCUT2D eigenvalue weighted by Gasteiger charge is 2.51. The summed E-state index contributed by atoms with van der Waals surface area (Å²) in [4.78, 5) is 4.48. The topological polar surface area (TPSA) is 28.9 Å². The van der Waals surface area contributed by atoms with Crippen LogP contribution in [0.1, 0.15) is 40.5 Å². The van der Waals surface area contributed by atoms with Crippen LogP contribution in [0, 0.1) is 0 Å². The molecule has 0 radical (unpaired) electrons. The Morgan fingerprint density at radius 2 is 0.985 bits per heavy atom. The molecule has 66 heavy (non-hydrogen) atoms. The number of furan rings is 1. The normalized spacial score (nSPS) is 12.9. The number of anilines is 6. The second-order valence-electron chi connectivity index (χ2n) is 16.8. The largest absolute Gasteiger partial charge is 0.457 e. The van der Waals surface area contributed by atoms with Crippen molar-refractivity contribution in [2.75, 3.05) is 9.80 Å². The summed E-state index contributed by atoms with van der Waals surface area (Å²) in [5, 5.41) is 0.755. The van der Waals surface area contributed by atoms with Crippen LogP contribution in [-0.2, 0) is 12.1 Å². The van der Waals surface area contributed by atoms with Crippen molar-refractivity contribution in [3.8, 4) is 33.8 Å². The Labute approximate surface area is 383 Å². The van der Waals surface area contributed by atoms with Gasteiger partial charge in [-0.3, -0.25) is 0 Å². The van der Waals surface area contributed by atoms with Crippen LogP contribution in [0.2, 0.25) is 0 Å². The lowest BCUT2D eigenvalue weighted by Crippen LogP contribution is -2.32. The van der Waals surface area contributed by atoms with Crippen molar-refractivity contribution in [3.05, 3.63) is 258 Å². The van der Waals surface area contributed by atoms with Gasteiger partial charge < -0.3 is 19.0 Å². The Hall–Kier alpha value is -8.41. The summed E-state index contributed by atoms with van der Waals surface area (Å²) >= 11 is 0. The van der Waals surface area contributed by atoms with E-state index in [0.29, 0.717) is 16.9 Å². The standard InChI is InChI=1S/C61H43FN2O2/c1-2-18-56-50(40-62)59-47(36-37-55(60(59)66-56)64(43-21-8-4-9-22-43)44-23-10-5-11-24-44)41-31-33-45(34-32-41)63(42-19-6-3-7-20-42)46-35-38-58-54(39-46)61(53-29-16-17-30-57(53)65-58)51-27-14-12-25-48(51)49-26-13-15-28-52(49)61/h2-39H,40H2,1H3/b18-2-. The smallest absolute Gasteiger partial charge is 0.159 e. The summed E-state index contributed by atoms with van der Waals surface area (Å²) in [6.07, 6.45) is 3.75. The third-order valence-electron chi connectivity index (χ3n) is 13.2. The average molecular weight is 855 g/mol. The van der Waals surface area contributed by atoms with Crippen molar-refractivity contribution in [1.29, 1.82) is 0 Å². The molecule has 12 rings (SSSR count). The van der Waals surface area contributed by atoms with Gasteiger partial charge in [0.15, 0.2) is 5.58 Å². The van der Waals surface area contributed by atoms with Gasteiger partial charge in [-0.25, -0.2) is 4.39 Å². The zero-order valence-electron chi connectivity index (χ0n) is 36.2. The third kappa shape index (κ3) is 6.04. The molecule has 0 saturated heterocycles. The number of nitrogens with zero attached hydrogens (tertiary/aromatic N) is 2. The minimum Gasteiger partial charge on any atom is -0.457 e. The molecule has 1 spiro atoms. The lowest BCUT2D eigenvalue weighted by Gasteiger charge is -2.40. The Bertz CT molecular complexity index is 3370. The maximum atomic E-state index is 15.4. The van der Waals surface area contributed by atoms with E-state index in [1.807, 2.05) is 61.5 Å². The number of benzene rings is 9. The molecule has 4 nitrogen and oxygen atoms in total. The van der Waals surface area contributed by atoms with Gasteiger partial charge in [0.25, 0.3) is 0 Å². The van der Waals surface area contributed by atoms with Crippen molar-refractivity contribution in [2.45, 2.75) is 19.0 Å². The first kappa shape index (κ1) is 39.2. The maximum Gasteiger partial charge on any atom is 0.159 e. The zero-order valence-corrected chi connectivity index (χ0v) is 36.2. The quantitative estimate of drug-likeness (QED) is 0.145. The fourth-order valence-corrected chi connectivity index (χ4v) is 10.5. The van der Waals surface area contributed by atoms with Crippen LogP contribution < -0.4 is 14.5 Å². The van der Waals surface area contributed by atoms with Crippen molar-refractivity contribution < 1.29 is 13.5 Å². The van der Waals surface area contributed by atoms with E-state index in [4.69, 9.17) is 9.15 Å². The summed E-state index contributed by atoms with van der Waals surface area (Å²) in [7, 11) is 0. The molecule has 1 aromatic heterocycles. The molecule has 0 bridgehead atoms. The molecule has 0 N–H and O–H groups in total. The Morgan fingerprint density at radius 3 is 1.59 bits per heavy atom. The number of para-hydroxylation sites is 4. The lowest BCUT2D eigenvalue weighted by atomic mass is 9.66. The van der Waals surface area contributed by atoms with Crippen LogP contribution >= 0.6 is 0 Å². The molecule has 2 heterocycles. The number of ether oxygens (including phenoxy) is 1. The predicted molar refractivity (Wildman–Crippen MR) is 268 cm³/mol. The molecule has 316 valence electrons. The first-order valence-corrected chi connectivity index (χ1v) is 22.4. The van der Waals surface area contributed by atoms with Crippen LogP contribution in [0.5, 0.6) is 11.5 Å². The van der Waals surface area contributed by atoms with E-state index in [9.17, 15) is 0 Å². The molecule has 1 aliphatic carbocycles. The number of hydrogen-bond acceptors (Lipinski definition) is 4. The molecule has 5 heteroatoms. The first-order chi connectivity index (χ1) is 32.7. The molecule has 0 saturated carbocycles. The van der Waals surface area contributed by atoms with Gasteiger partial charge >= 0.3 is 0 Å². The SMILES string of the molecule is C/C=C\c1oc2c(N(c3ccccc3)c3ccccc3)ccc(-c3ccc(N(c4ccccc4)c4ccc5c(c4)C4(c6ccccc6O5)c5ccccc5-c5ccccc54)cc3)c2c1CF. The van der Waals surface area contributed by atoms with Crippen LogP contribution in [-0.4, -0.2) is 0 Å². The van der Waals surface area contributed by atoms with Crippen molar-refractivity contribution in [1.82, 2.24) is 0 Å². The molecule has 2 aliphatic rings. The van der Waals surface area contributed by atoms with E-state index in [1.165, 1.54) is 22.3 Å². The first-order valence-electron chi connectivity index (χ1n) is 22.4. The Kier molecular flexibility index (Phi) is 9.50. The minimum absolute atomic E-state index is 0.515. The average Bonchev–Trinajstić information content (AvgIpc) is 3.89. The van der Waals surface area contributed by atoms with Crippen LogP contribution in [0.4, 0.5) is 38.5 Å². The number of fused-ring (bicyclic) bond motifs is 10. The van der Waals surface area contributed by atoms with E-state index in [-0.39, 0.29) is 0 Å². The number of hydrogen-bond donors (Lipinski definition) is 0. The zero-order chi connectivity index (χ0) is 44.2. The minimum atomic E-state index is -0.678. The molecule has 10 aromatic rings. The monoisotopic (exact) mass is 854 g/mol. The second-order valence-corrected chi connectivity index (χ2v) is 16.8. The van der Waals surface area contributed by atoms with E-state index in [1.54, 1.807) is 0 Å². The highest BCUT2D eigenvalue weighted by Crippen LogP contribution is 2.62. The molecule has 1 aliphatic heterocycles. The van der Waals surface area contributed by atoms with E-state index >= 15 is 4.39 Å². The summed E-state index contributed by atoms with van der Waals surface area (Å²) in [6.45, 7) is 1.25. The summed E-state index contributed by atoms with van der Waals surface area (Å²) in [5.41, 5.74) is 15.3. The van der Waals surface area contributed by atoms with Gasteiger partial charge in [-0.15, -0.1) is 0 Å². The lowest BCUT2D eigenvalue weighted by molar-refractivity contribution is 0.436. The predicted octanol–water partition coefficient (Wildman–Crippen LogP) is 17.0. The highest BCUT2D eigenvalue weighted by atomic mass is 19.1. The van der Waals surface area contributed by atoms with Crippen molar-refractivity contribution >= 4 is 51.2 Å². The number of halogens is 1. The van der Waals surface area contributed by atoms with E-state index in [2.05, 4.69) is 186 Å². The Morgan fingerprint density at radius 1 is 0.470 bits per heavy atom. The number of alkyl halides is 1. The molecule has 0 unspecified atom stereocenters. The van der Waals surface area contributed by atoms with Crippen LogP contribution in [0.3, 0.4) is 0 Å². The highest BCUT2D eigenvalue weighted by molar-refractivity contribution is 6.06. The van der Waals surface area contributed by atoms with Gasteiger partial charge in [0.05, 0.1) is 11.1 Å².